The fourth-order valence-corrected chi connectivity index (χ4v) is 6.75. The number of urea groups is 1. The third-order valence-electron chi connectivity index (χ3n) is 9.93. The van der Waals surface area contributed by atoms with Gasteiger partial charge in [-0.1, -0.05) is 39.5 Å². The van der Waals surface area contributed by atoms with Gasteiger partial charge in [0.15, 0.2) is 0 Å². The van der Waals surface area contributed by atoms with Crippen LogP contribution in [0.15, 0.2) is 0 Å². The molecule has 1 fully saturated rings. The number of carboxylic acids is 7. The molecular formula is C45H93N11O18SSe. The summed E-state index contributed by atoms with van der Waals surface area (Å²) >= 11 is 4.36. The van der Waals surface area contributed by atoms with Crippen LogP contribution in [0.3, 0.4) is 0 Å². The molecule has 0 radical (unpaired) electrons. The van der Waals surface area contributed by atoms with Crippen LogP contribution in [-0.2, 0) is 38.4 Å². The Morgan fingerprint density at radius 1 is 0.618 bits per heavy atom. The summed E-state index contributed by atoms with van der Waals surface area (Å²) in [6.45, 7) is 4.32. The van der Waals surface area contributed by atoms with E-state index in [1.54, 1.807) is 0 Å². The number of rotatable bonds is 32. The third-order valence-corrected chi connectivity index (χ3v) is 11.5. The molecule has 9 atom stereocenters. The number of amidine groups is 1. The molecule has 0 bridgehead atoms. The Bertz CT molecular complexity index is 1590. The summed E-state index contributed by atoms with van der Waals surface area (Å²) in [7, 11) is 0. The van der Waals surface area contributed by atoms with Crippen LogP contribution in [0.5, 0.6) is 0 Å². The smallest absolute Gasteiger partial charge is 0.320 e. The minimum Gasteiger partial charge on any atom is -0.481 e. The van der Waals surface area contributed by atoms with Gasteiger partial charge < -0.3 is 92.0 Å². The minimum absolute atomic E-state index is 0.183. The molecule has 1 saturated carbocycles. The fourth-order valence-electron chi connectivity index (χ4n) is 5.45. The van der Waals surface area contributed by atoms with Gasteiger partial charge in [0.25, 0.3) is 0 Å². The largest absolute Gasteiger partial charge is 0.481 e. The molecule has 3 amide bonds. The van der Waals surface area contributed by atoms with Crippen LogP contribution in [0, 0.1) is 17.2 Å². The maximum absolute atomic E-state index is 10.3. The molecule has 0 saturated heterocycles. The zero-order chi connectivity index (χ0) is 60.5. The number of carbonyl (C=O) groups excluding carboxylic acids is 2. The summed E-state index contributed by atoms with van der Waals surface area (Å²) in [5.74, 6) is -4.05. The number of nitrogens with two attached hydrogens (primary N) is 9. The summed E-state index contributed by atoms with van der Waals surface area (Å²) in [6.07, 6.45) is 9.30. The van der Waals surface area contributed by atoms with Crippen LogP contribution in [0.1, 0.15) is 136 Å². The molecule has 0 spiro atoms. The summed E-state index contributed by atoms with van der Waals surface area (Å²) in [6, 6.07) is -4.83. The average molecular weight is 1190 g/mol. The topological polar surface area (TPSA) is 606 Å². The van der Waals surface area contributed by atoms with Crippen molar-refractivity contribution in [2.24, 2.45) is 63.4 Å². The molecule has 31 heteroatoms. The van der Waals surface area contributed by atoms with Crippen LogP contribution in [-0.4, -0.2) is 181 Å². The first kappa shape index (κ1) is 82.4. The Balaban J connectivity index is -0.000000189. The molecule has 1 aliphatic carbocycles. The van der Waals surface area contributed by atoms with Crippen molar-refractivity contribution in [2.75, 3.05) is 12.3 Å². The van der Waals surface area contributed by atoms with Crippen molar-refractivity contribution in [1.82, 2.24) is 5.32 Å². The molecule has 0 aromatic carbocycles. The first-order valence-corrected chi connectivity index (χ1v) is 27.9. The van der Waals surface area contributed by atoms with Crippen molar-refractivity contribution in [3.05, 3.63) is 0 Å². The van der Waals surface area contributed by atoms with Gasteiger partial charge in [-0.15, -0.1) is 0 Å². The van der Waals surface area contributed by atoms with Gasteiger partial charge in [0, 0.05) is 25.4 Å². The second-order valence-corrected chi connectivity index (χ2v) is 20.1. The Morgan fingerprint density at radius 2 is 1.03 bits per heavy atom. The normalized spacial score (nSPS) is 15.8. The van der Waals surface area contributed by atoms with Gasteiger partial charge >= 0.3 is 102 Å². The molecule has 76 heavy (non-hydrogen) atoms. The van der Waals surface area contributed by atoms with E-state index in [9.17, 15) is 48.3 Å². The SMILES string of the molecule is CC(C)C[C@H](N)[C@@H](O)CC(=O)O.C[Se]CC[C@H](N)C(=O)O.N=C(N)CCCCCC(N)C(=O)O.NC(=O)CCCCCC(N)C(=O)O.NC(=O)NCCCC(N)C(=O)O.NC(CCS)C(=O)O.O=C(O)C1CCC(O)C1. The number of unbranched alkanes of at least 4 members (excludes halogenated alkanes) is 4. The summed E-state index contributed by atoms with van der Waals surface area (Å²) in [5.41, 5.74) is 46.4. The molecule has 448 valence electrons. The van der Waals surface area contributed by atoms with E-state index in [4.69, 9.17) is 97.9 Å². The van der Waals surface area contributed by atoms with Crippen LogP contribution >= 0.6 is 12.6 Å². The predicted octanol–water partition coefficient (Wildman–Crippen LogP) is -0.930. The zero-order valence-electron chi connectivity index (χ0n) is 44.1. The van der Waals surface area contributed by atoms with E-state index >= 15 is 0 Å². The zero-order valence-corrected chi connectivity index (χ0v) is 46.7. The number of primary amides is 2. The Kier molecular flexibility index (Phi) is 57.9. The van der Waals surface area contributed by atoms with E-state index in [1.165, 1.54) is 0 Å². The number of carboxylic acid groups (broad SMARTS) is 7. The number of hydrogen-bond acceptors (Lipinski definition) is 19. The maximum atomic E-state index is 10.3. The van der Waals surface area contributed by atoms with Gasteiger partial charge in [0.05, 0.1) is 30.4 Å². The third kappa shape index (κ3) is 65.2. The van der Waals surface area contributed by atoms with Crippen molar-refractivity contribution >= 4 is 87.1 Å². The Morgan fingerprint density at radius 3 is 1.32 bits per heavy atom. The number of thiol groups is 1. The fraction of sp³-hybridized carbons (Fsp3) is 0.778. The monoisotopic (exact) mass is 1190 g/mol. The second-order valence-electron chi connectivity index (χ2n) is 17.6. The van der Waals surface area contributed by atoms with Gasteiger partial charge in [-0.2, -0.15) is 12.6 Å². The Labute approximate surface area is 456 Å². The molecule has 1 aliphatic rings. The molecule has 0 aliphatic heterocycles. The number of aliphatic carboxylic acids is 7. The molecular weight excluding hydrogens is 1090 g/mol. The molecule has 1 rings (SSSR count). The van der Waals surface area contributed by atoms with Crippen molar-refractivity contribution in [2.45, 2.75) is 195 Å². The van der Waals surface area contributed by atoms with Crippen LogP contribution in [0.2, 0.25) is 11.1 Å². The average Bonchev–Trinajstić information content (AvgIpc) is 3.76. The number of aliphatic hydroxyl groups is 2. The number of hydrogen-bond donors (Lipinski definition) is 21. The van der Waals surface area contributed by atoms with E-state index in [0.29, 0.717) is 117 Å². The molecule has 0 heterocycles. The molecule has 29 nitrogen and oxygen atoms in total. The van der Waals surface area contributed by atoms with Gasteiger partial charge in [-0.05, 0) is 82.3 Å². The second kappa shape index (κ2) is 53.4. The van der Waals surface area contributed by atoms with Gasteiger partial charge in [0.2, 0.25) is 5.91 Å². The van der Waals surface area contributed by atoms with E-state index in [-0.39, 0.29) is 30.2 Å². The van der Waals surface area contributed by atoms with Crippen molar-refractivity contribution in [1.29, 1.82) is 5.41 Å². The number of nitrogens with one attached hydrogen (secondary N) is 2. The van der Waals surface area contributed by atoms with Crippen molar-refractivity contribution in [3.63, 3.8) is 0 Å². The maximum Gasteiger partial charge on any atom is 0.320 e. The first-order valence-electron chi connectivity index (χ1n) is 24.3. The first-order chi connectivity index (χ1) is 35.1. The molecule has 0 aromatic rings. The minimum atomic E-state index is -1.03. The van der Waals surface area contributed by atoms with E-state index in [2.05, 4.69) is 23.8 Å². The predicted molar refractivity (Wildman–Crippen MR) is 288 cm³/mol. The molecule has 0 aromatic heterocycles. The molecule has 6 unspecified atom stereocenters. The summed E-state index contributed by atoms with van der Waals surface area (Å²) in [4.78, 5) is 91.6. The summed E-state index contributed by atoms with van der Waals surface area (Å²) < 4.78 is 0. The Hall–Kier alpha value is -4.95. The van der Waals surface area contributed by atoms with Crippen LogP contribution < -0.4 is 56.9 Å². The van der Waals surface area contributed by atoms with E-state index in [1.807, 2.05) is 13.8 Å². The van der Waals surface area contributed by atoms with Gasteiger partial charge in [-0.3, -0.25) is 39.0 Å². The van der Waals surface area contributed by atoms with E-state index < -0.39 is 90.2 Å². The standard InChI is InChI=1S/C8H17N3O2.C8H16N2O3.C8H17NO3.C6H13N3O3.C6H10O3.C5H11NO2Se.C4H9NO2S/c2*9-6(8(12)13)4-2-1-3-5-7(10)11;1-5(2)3-6(9)7(10)4-8(11)12;7-4(5(10)11)2-1-3-9-6(8)12;7-5-2-1-4(3-5)6(8)9;1-9-3-2-4(6)5(7)8;5-3(1-2-8)4(6)7/h6H,1-5,9H2,(H3,10,11)(H,12,13);6H,1-5,9H2,(H2,10,11)(H,12,13);5-7,10H,3-4,9H2,1-2H3,(H,11,12);4H,1-3,7H2,(H,10,11)(H3,8,9,12);4-5,7H,1-3H2,(H,8,9);4H,2-3,6H2,1H3,(H,7,8);3,8H,1-2,5H2,(H,6,7)/t;;6-,7-;;;4-;/m..0..0./s1. The van der Waals surface area contributed by atoms with E-state index in [0.717, 1.165) is 37.4 Å². The van der Waals surface area contributed by atoms with Crippen molar-refractivity contribution in [3.8, 4) is 0 Å². The quantitative estimate of drug-likeness (QED) is 0.0127. The van der Waals surface area contributed by atoms with Crippen LogP contribution in [0.25, 0.3) is 0 Å². The van der Waals surface area contributed by atoms with Gasteiger partial charge in [0.1, 0.15) is 24.2 Å². The van der Waals surface area contributed by atoms with Crippen LogP contribution in [0.4, 0.5) is 4.79 Å². The summed E-state index contributed by atoms with van der Waals surface area (Å²) in [5, 5.41) is 86.8. The molecule has 29 N–H and O–H groups in total. The number of carbonyl (C=O) groups is 9. The number of aliphatic hydroxyl groups excluding tert-OH is 2. The number of amides is 3. The van der Waals surface area contributed by atoms with Gasteiger partial charge in [-0.25, -0.2) is 4.79 Å². The van der Waals surface area contributed by atoms with Crippen molar-refractivity contribution < 1.29 is 89.1 Å².